The average molecular weight is 378 g/mol. The average Bonchev–Trinajstić information content (AvgIpc) is 2.94. The Kier molecular flexibility index (Phi) is 3.77. The normalized spacial score (nSPS) is 14.7. The molecule has 0 atom stereocenters. The van der Waals surface area contributed by atoms with E-state index in [2.05, 4.69) is 94.2 Å². The number of hydrogen-bond acceptors (Lipinski definition) is 1. The number of benzene rings is 3. The molecular weight excluding hydrogens is 350 g/mol. The Morgan fingerprint density at radius 3 is 2.34 bits per heavy atom. The maximum Gasteiger partial charge on any atom is 0.0702 e. The Bertz CT molecular complexity index is 1240. The molecule has 3 aromatic carbocycles. The number of pyridine rings is 1. The van der Waals surface area contributed by atoms with Gasteiger partial charge in [-0.05, 0) is 62.2 Å². The third-order valence-corrected chi connectivity index (χ3v) is 6.45. The van der Waals surface area contributed by atoms with Gasteiger partial charge in [-0.25, -0.2) is 0 Å². The van der Waals surface area contributed by atoms with E-state index < -0.39 is 0 Å². The molecule has 144 valence electrons. The quantitative estimate of drug-likeness (QED) is 0.334. The largest absolute Gasteiger partial charge is 0.256 e. The maximum atomic E-state index is 4.55. The molecule has 1 heteroatoms. The fraction of sp³-hybridized carbons (Fsp3) is 0.250. The van der Waals surface area contributed by atoms with Crippen molar-refractivity contribution in [1.82, 2.24) is 4.98 Å². The van der Waals surface area contributed by atoms with Crippen LogP contribution in [0.25, 0.3) is 33.2 Å². The number of rotatable bonds is 1. The number of aromatic nitrogens is 1. The molecule has 5 rings (SSSR count). The Morgan fingerprint density at radius 2 is 1.62 bits per heavy atom. The van der Waals surface area contributed by atoms with Crippen LogP contribution in [0.3, 0.4) is 0 Å². The molecule has 1 aliphatic rings. The van der Waals surface area contributed by atoms with Crippen LogP contribution in [0.15, 0.2) is 72.9 Å². The minimum absolute atomic E-state index is 0.0178. The van der Waals surface area contributed by atoms with E-state index >= 15 is 0 Å². The van der Waals surface area contributed by atoms with Crippen LogP contribution in [-0.2, 0) is 10.8 Å². The van der Waals surface area contributed by atoms with E-state index in [1.807, 2.05) is 18.3 Å². The van der Waals surface area contributed by atoms with Gasteiger partial charge in [-0.3, -0.25) is 4.98 Å². The van der Waals surface area contributed by atoms with Gasteiger partial charge in [0, 0.05) is 17.2 Å². The SMILES string of the molecule is CC(C)(C)c1ccc2c3c(ccc2c1)-c1cc(-c2ccccn2)ccc1C3(C)C. The molecular formula is C28H27N. The van der Waals surface area contributed by atoms with Crippen molar-refractivity contribution in [2.24, 2.45) is 0 Å². The molecule has 0 aliphatic heterocycles. The first-order valence-corrected chi connectivity index (χ1v) is 10.4. The minimum atomic E-state index is -0.0178. The Morgan fingerprint density at radius 1 is 0.793 bits per heavy atom. The van der Waals surface area contributed by atoms with E-state index in [1.165, 1.54) is 44.2 Å². The summed E-state index contributed by atoms with van der Waals surface area (Å²) >= 11 is 0. The highest BCUT2D eigenvalue weighted by Crippen LogP contribution is 2.52. The topological polar surface area (TPSA) is 12.9 Å². The molecule has 1 heterocycles. The van der Waals surface area contributed by atoms with Crippen molar-refractivity contribution in [3.63, 3.8) is 0 Å². The van der Waals surface area contributed by atoms with Gasteiger partial charge in [-0.2, -0.15) is 0 Å². The zero-order valence-corrected chi connectivity index (χ0v) is 17.9. The van der Waals surface area contributed by atoms with E-state index in [0.717, 1.165) is 5.69 Å². The summed E-state index contributed by atoms with van der Waals surface area (Å²) in [5, 5.41) is 2.71. The van der Waals surface area contributed by atoms with Crippen LogP contribution in [0.4, 0.5) is 0 Å². The smallest absolute Gasteiger partial charge is 0.0702 e. The first-order valence-electron chi connectivity index (χ1n) is 10.4. The summed E-state index contributed by atoms with van der Waals surface area (Å²) in [5.41, 5.74) is 9.28. The molecule has 0 unspecified atom stereocenters. The summed E-state index contributed by atoms with van der Waals surface area (Å²) in [5.74, 6) is 0. The molecule has 1 aliphatic carbocycles. The van der Waals surface area contributed by atoms with Crippen LogP contribution >= 0.6 is 0 Å². The Balaban J connectivity index is 1.74. The van der Waals surface area contributed by atoms with Crippen LogP contribution in [0.5, 0.6) is 0 Å². The number of hydrogen-bond donors (Lipinski definition) is 0. The third kappa shape index (κ3) is 2.72. The van der Waals surface area contributed by atoms with Crippen LogP contribution in [0.1, 0.15) is 51.3 Å². The standard InChI is InChI=1S/C28H27N/c1-27(2,3)20-11-13-21-18(16-20)9-12-22-23-17-19(25-8-6-7-15-29-25)10-14-24(23)28(4,5)26(21)22/h6-17H,1-5H3. The molecule has 29 heavy (non-hydrogen) atoms. The van der Waals surface area contributed by atoms with E-state index in [4.69, 9.17) is 0 Å². The fourth-order valence-electron chi connectivity index (χ4n) is 4.83. The molecule has 0 spiro atoms. The lowest BCUT2D eigenvalue weighted by atomic mass is 9.79. The van der Waals surface area contributed by atoms with Crippen molar-refractivity contribution in [3.8, 4) is 22.4 Å². The fourth-order valence-corrected chi connectivity index (χ4v) is 4.83. The second-order valence-electron chi connectivity index (χ2n) is 9.77. The highest BCUT2D eigenvalue weighted by molar-refractivity contribution is 5.98. The van der Waals surface area contributed by atoms with Gasteiger partial charge in [0.15, 0.2) is 0 Å². The summed E-state index contributed by atoms with van der Waals surface area (Å²) in [6, 6.07) is 24.6. The van der Waals surface area contributed by atoms with Crippen molar-refractivity contribution in [3.05, 3.63) is 89.6 Å². The molecule has 0 radical (unpaired) electrons. The first kappa shape index (κ1) is 18.1. The van der Waals surface area contributed by atoms with Gasteiger partial charge in [0.05, 0.1) is 5.69 Å². The lowest BCUT2D eigenvalue weighted by Crippen LogP contribution is -2.16. The molecule has 0 bridgehead atoms. The van der Waals surface area contributed by atoms with Crippen LogP contribution in [0, 0.1) is 0 Å². The maximum absolute atomic E-state index is 4.55. The van der Waals surface area contributed by atoms with Gasteiger partial charge < -0.3 is 0 Å². The van der Waals surface area contributed by atoms with Crippen molar-refractivity contribution >= 4 is 10.8 Å². The summed E-state index contributed by atoms with van der Waals surface area (Å²) in [6.07, 6.45) is 1.86. The van der Waals surface area contributed by atoms with Gasteiger partial charge >= 0.3 is 0 Å². The van der Waals surface area contributed by atoms with Gasteiger partial charge in [-0.15, -0.1) is 0 Å². The van der Waals surface area contributed by atoms with E-state index in [0.29, 0.717) is 0 Å². The van der Waals surface area contributed by atoms with Crippen molar-refractivity contribution in [2.45, 2.75) is 45.4 Å². The monoisotopic (exact) mass is 377 g/mol. The van der Waals surface area contributed by atoms with E-state index in [-0.39, 0.29) is 10.8 Å². The molecule has 0 saturated carbocycles. The minimum Gasteiger partial charge on any atom is -0.256 e. The Labute approximate surface area is 173 Å². The predicted octanol–water partition coefficient (Wildman–Crippen LogP) is 7.51. The summed E-state index contributed by atoms with van der Waals surface area (Å²) in [6.45, 7) is 11.5. The summed E-state index contributed by atoms with van der Waals surface area (Å²) < 4.78 is 0. The number of nitrogens with zero attached hydrogens (tertiary/aromatic N) is 1. The predicted molar refractivity (Wildman–Crippen MR) is 123 cm³/mol. The molecule has 0 fully saturated rings. The van der Waals surface area contributed by atoms with Crippen molar-refractivity contribution < 1.29 is 0 Å². The zero-order chi connectivity index (χ0) is 20.4. The second-order valence-corrected chi connectivity index (χ2v) is 9.77. The zero-order valence-electron chi connectivity index (χ0n) is 17.9. The van der Waals surface area contributed by atoms with Crippen LogP contribution in [0.2, 0.25) is 0 Å². The second kappa shape index (κ2) is 6.03. The number of fused-ring (bicyclic) bond motifs is 5. The molecule has 0 N–H and O–H groups in total. The van der Waals surface area contributed by atoms with E-state index in [1.54, 1.807) is 0 Å². The van der Waals surface area contributed by atoms with Crippen molar-refractivity contribution in [1.29, 1.82) is 0 Å². The van der Waals surface area contributed by atoms with Gasteiger partial charge in [0.1, 0.15) is 0 Å². The van der Waals surface area contributed by atoms with Crippen molar-refractivity contribution in [2.75, 3.05) is 0 Å². The van der Waals surface area contributed by atoms with Gasteiger partial charge in [0.2, 0.25) is 0 Å². The molecule has 1 nitrogen and oxygen atoms in total. The highest BCUT2D eigenvalue weighted by atomic mass is 14.7. The highest BCUT2D eigenvalue weighted by Gasteiger charge is 2.37. The van der Waals surface area contributed by atoms with Crippen LogP contribution < -0.4 is 0 Å². The first-order chi connectivity index (χ1) is 13.8. The molecule has 0 amide bonds. The molecule has 4 aromatic rings. The van der Waals surface area contributed by atoms with Gasteiger partial charge in [0.25, 0.3) is 0 Å². The lowest BCUT2D eigenvalue weighted by Gasteiger charge is -2.24. The molecule has 1 aromatic heterocycles. The Hall–Kier alpha value is -2.93. The summed E-state index contributed by atoms with van der Waals surface area (Å²) in [4.78, 5) is 4.55. The summed E-state index contributed by atoms with van der Waals surface area (Å²) in [7, 11) is 0. The van der Waals surface area contributed by atoms with Crippen LogP contribution in [-0.4, -0.2) is 4.98 Å². The van der Waals surface area contributed by atoms with E-state index in [9.17, 15) is 0 Å². The third-order valence-electron chi connectivity index (χ3n) is 6.45. The molecule has 0 saturated heterocycles. The van der Waals surface area contributed by atoms with Gasteiger partial charge in [-0.1, -0.05) is 83.1 Å². The lowest BCUT2D eigenvalue weighted by molar-refractivity contribution is 0.591.